The number of nitrogens with zero attached hydrogens (tertiary/aromatic N) is 1. The zero-order chi connectivity index (χ0) is 19.0. The van der Waals surface area contributed by atoms with Crippen molar-refractivity contribution in [3.05, 3.63) is 70.4 Å². The molecule has 27 heavy (non-hydrogen) atoms. The maximum atomic E-state index is 12.6. The highest BCUT2D eigenvalue weighted by atomic mass is 32.2. The van der Waals surface area contributed by atoms with Gasteiger partial charge in [0, 0.05) is 23.3 Å². The fourth-order valence-corrected chi connectivity index (χ4v) is 5.12. The van der Waals surface area contributed by atoms with Crippen LogP contribution in [0.15, 0.2) is 57.7 Å². The number of rotatable bonds is 5. The van der Waals surface area contributed by atoms with Crippen LogP contribution in [0.5, 0.6) is 0 Å². The summed E-state index contributed by atoms with van der Waals surface area (Å²) in [6.07, 6.45) is 1.71. The Morgan fingerprint density at radius 2 is 1.89 bits per heavy atom. The van der Waals surface area contributed by atoms with Crippen LogP contribution in [-0.4, -0.2) is 23.4 Å². The fraction of sp³-hybridized carbons (Fsp3) is 0.111. The number of aryl methyl sites for hydroxylation is 1. The van der Waals surface area contributed by atoms with Gasteiger partial charge in [0.1, 0.15) is 4.21 Å². The third kappa shape index (κ3) is 3.70. The second-order valence-corrected chi connectivity index (χ2v) is 9.17. The van der Waals surface area contributed by atoms with Gasteiger partial charge in [-0.3, -0.25) is 4.98 Å². The molecule has 0 unspecified atom stereocenters. The van der Waals surface area contributed by atoms with Crippen molar-refractivity contribution in [3.8, 4) is 10.4 Å². The molecule has 4 aromatic rings. The van der Waals surface area contributed by atoms with Gasteiger partial charge in [0.2, 0.25) is 10.0 Å². The Hall–Kier alpha value is -2.75. The average Bonchev–Trinajstić information content (AvgIpc) is 3.26. The lowest BCUT2D eigenvalue weighted by Crippen LogP contribution is -2.22. The maximum absolute atomic E-state index is 12.6. The number of fused-ring (bicyclic) bond motifs is 1. The summed E-state index contributed by atoms with van der Waals surface area (Å²) in [5.74, 6) is 0. The molecule has 0 saturated carbocycles. The van der Waals surface area contributed by atoms with E-state index in [4.69, 9.17) is 0 Å². The van der Waals surface area contributed by atoms with Crippen LogP contribution in [-0.2, 0) is 16.6 Å². The van der Waals surface area contributed by atoms with Crippen LogP contribution in [0.4, 0.5) is 0 Å². The van der Waals surface area contributed by atoms with Crippen molar-refractivity contribution in [2.75, 3.05) is 0 Å². The molecule has 3 aromatic heterocycles. The number of nitrogens with one attached hydrogen (secondary N) is 3. The zero-order valence-corrected chi connectivity index (χ0v) is 15.9. The minimum atomic E-state index is -3.63. The van der Waals surface area contributed by atoms with Gasteiger partial charge in [-0.15, -0.1) is 11.3 Å². The number of thiophene rings is 1. The van der Waals surface area contributed by atoms with Gasteiger partial charge >= 0.3 is 5.69 Å². The molecule has 0 fully saturated rings. The summed E-state index contributed by atoms with van der Waals surface area (Å²) < 4.78 is 28.1. The number of benzene rings is 1. The second-order valence-electron chi connectivity index (χ2n) is 6.09. The lowest BCUT2D eigenvalue weighted by Gasteiger charge is -2.05. The summed E-state index contributed by atoms with van der Waals surface area (Å²) >= 11 is 1.21. The van der Waals surface area contributed by atoms with Crippen LogP contribution in [0.3, 0.4) is 0 Å². The van der Waals surface area contributed by atoms with Crippen LogP contribution >= 0.6 is 11.3 Å². The Labute approximate surface area is 159 Å². The molecule has 0 spiro atoms. The smallest absolute Gasteiger partial charge is 0.306 e. The van der Waals surface area contributed by atoms with E-state index in [-0.39, 0.29) is 16.4 Å². The van der Waals surface area contributed by atoms with Crippen molar-refractivity contribution in [3.63, 3.8) is 0 Å². The van der Waals surface area contributed by atoms with Gasteiger partial charge in [-0.2, -0.15) is 0 Å². The van der Waals surface area contributed by atoms with E-state index in [0.29, 0.717) is 11.0 Å². The summed E-state index contributed by atoms with van der Waals surface area (Å²) in [6.45, 7) is 2.03. The van der Waals surface area contributed by atoms with Crippen LogP contribution in [0.2, 0.25) is 0 Å². The second kappa shape index (κ2) is 6.76. The minimum Gasteiger partial charge on any atom is -0.306 e. The first-order valence-corrected chi connectivity index (χ1v) is 10.4. The molecule has 7 nitrogen and oxygen atoms in total. The van der Waals surface area contributed by atoms with Gasteiger partial charge in [-0.25, -0.2) is 17.9 Å². The van der Waals surface area contributed by atoms with Crippen molar-refractivity contribution in [1.82, 2.24) is 19.7 Å². The molecule has 0 aliphatic rings. The first-order valence-electron chi connectivity index (χ1n) is 8.14. The largest absolute Gasteiger partial charge is 0.323 e. The topological polar surface area (TPSA) is 108 Å². The van der Waals surface area contributed by atoms with Crippen molar-refractivity contribution in [2.45, 2.75) is 17.7 Å². The van der Waals surface area contributed by atoms with Gasteiger partial charge in [0.05, 0.1) is 11.0 Å². The fourth-order valence-electron chi connectivity index (χ4n) is 2.76. The Bertz CT molecular complexity index is 1290. The molecular formula is C18H16N4O3S2. The number of aromatic amines is 2. The Balaban J connectivity index is 1.53. The molecular weight excluding hydrogens is 384 g/mol. The molecule has 0 amide bonds. The molecule has 0 atom stereocenters. The molecule has 3 N–H and O–H groups in total. The summed E-state index contributed by atoms with van der Waals surface area (Å²) in [4.78, 5) is 21.7. The first-order chi connectivity index (χ1) is 12.9. The first kappa shape index (κ1) is 17.7. The molecule has 0 aliphatic carbocycles. The molecule has 0 radical (unpaired) electrons. The van der Waals surface area contributed by atoms with E-state index < -0.39 is 10.0 Å². The van der Waals surface area contributed by atoms with Gasteiger partial charge in [0.25, 0.3) is 0 Å². The van der Waals surface area contributed by atoms with Crippen LogP contribution in [0.1, 0.15) is 11.3 Å². The van der Waals surface area contributed by atoms with E-state index in [1.165, 1.54) is 11.3 Å². The molecule has 1 aromatic carbocycles. The quantitative estimate of drug-likeness (QED) is 0.479. The Morgan fingerprint density at radius 1 is 1.07 bits per heavy atom. The van der Waals surface area contributed by atoms with Crippen molar-refractivity contribution >= 4 is 32.4 Å². The van der Waals surface area contributed by atoms with Crippen LogP contribution in [0.25, 0.3) is 21.5 Å². The van der Waals surface area contributed by atoms with Gasteiger partial charge in [-0.05, 0) is 54.4 Å². The van der Waals surface area contributed by atoms with Crippen LogP contribution < -0.4 is 10.4 Å². The highest BCUT2D eigenvalue weighted by molar-refractivity contribution is 7.91. The lowest BCUT2D eigenvalue weighted by molar-refractivity contribution is 0.583. The normalized spacial score (nSPS) is 11.9. The summed E-state index contributed by atoms with van der Waals surface area (Å²) in [7, 11) is -3.63. The summed E-state index contributed by atoms with van der Waals surface area (Å²) in [6, 6.07) is 12.4. The van der Waals surface area contributed by atoms with Crippen LogP contribution in [0, 0.1) is 6.92 Å². The third-order valence-corrected chi connectivity index (χ3v) is 7.10. The van der Waals surface area contributed by atoms with E-state index in [0.717, 1.165) is 21.7 Å². The highest BCUT2D eigenvalue weighted by Crippen LogP contribution is 2.30. The minimum absolute atomic E-state index is 0.132. The van der Waals surface area contributed by atoms with Crippen molar-refractivity contribution in [1.29, 1.82) is 0 Å². The monoisotopic (exact) mass is 400 g/mol. The average molecular weight is 400 g/mol. The number of H-pyrrole nitrogens is 2. The van der Waals surface area contributed by atoms with Gasteiger partial charge in [0.15, 0.2) is 0 Å². The standard InChI is InChI=1S/C18H16N4O3S2/c1-11-8-13(6-7-19-11)16-4-5-17(26-16)27(24,25)20-10-12-2-3-14-15(9-12)22-18(23)21-14/h2-9,20H,10H2,1H3,(H2,21,22,23). The van der Waals surface area contributed by atoms with Crippen molar-refractivity contribution in [2.24, 2.45) is 0 Å². The highest BCUT2D eigenvalue weighted by Gasteiger charge is 2.17. The number of imidazole rings is 1. The zero-order valence-electron chi connectivity index (χ0n) is 14.3. The van der Waals surface area contributed by atoms with Gasteiger partial charge < -0.3 is 9.97 Å². The maximum Gasteiger partial charge on any atom is 0.323 e. The number of aromatic nitrogens is 3. The van der Waals surface area contributed by atoms with E-state index in [2.05, 4.69) is 19.7 Å². The van der Waals surface area contributed by atoms with Gasteiger partial charge in [-0.1, -0.05) is 6.07 Å². The molecule has 0 bridgehead atoms. The molecule has 3 heterocycles. The molecule has 0 saturated heterocycles. The van der Waals surface area contributed by atoms with Crippen molar-refractivity contribution < 1.29 is 8.42 Å². The Kier molecular flexibility index (Phi) is 4.42. The summed E-state index contributed by atoms with van der Waals surface area (Å²) in [5.41, 5.74) is 3.60. The van der Waals surface area contributed by atoms with E-state index in [1.54, 1.807) is 36.5 Å². The van der Waals surface area contributed by atoms with E-state index in [1.807, 2.05) is 19.1 Å². The van der Waals surface area contributed by atoms with E-state index in [9.17, 15) is 13.2 Å². The predicted octanol–water partition coefficient (Wildman–Crippen LogP) is 2.77. The molecule has 4 rings (SSSR count). The number of hydrogen-bond donors (Lipinski definition) is 3. The van der Waals surface area contributed by atoms with E-state index >= 15 is 0 Å². The third-order valence-electron chi connectivity index (χ3n) is 4.07. The Morgan fingerprint density at radius 3 is 2.70 bits per heavy atom. The number of pyridine rings is 1. The predicted molar refractivity (Wildman–Crippen MR) is 105 cm³/mol. The lowest BCUT2D eigenvalue weighted by atomic mass is 10.2. The molecule has 138 valence electrons. The molecule has 0 aliphatic heterocycles. The summed E-state index contributed by atoms with van der Waals surface area (Å²) in [5, 5.41) is 0. The number of hydrogen-bond acceptors (Lipinski definition) is 5. The molecule has 9 heteroatoms. The number of sulfonamides is 1. The SMILES string of the molecule is Cc1cc(-c2ccc(S(=O)(=O)NCc3ccc4[nH]c(=O)[nH]c4c3)s2)ccn1.